The van der Waals surface area contributed by atoms with E-state index in [9.17, 15) is 13.2 Å². The average molecular weight is 310 g/mol. The van der Waals surface area contributed by atoms with E-state index in [0.29, 0.717) is 5.69 Å². The van der Waals surface area contributed by atoms with E-state index < -0.39 is 9.84 Å². The zero-order valence-corrected chi connectivity index (χ0v) is 13.3. The van der Waals surface area contributed by atoms with Crippen LogP contribution in [0.3, 0.4) is 0 Å². The summed E-state index contributed by atoms with van der Waals surface area (Å²) in [5.74, 6) is -0.00446. The van der Waals surface area contributed by atoms with Gasteiger partial charge >= 0.3 is 0 Å². The van der Waals surface area contributed by atoms with Crippen LogP contribution in [0.4, 0.5) is 5.69 Å². The lowest BCUT2D eigenvalue weighted by molar-refractivity contribution is -0.132. The van der Waals surface area contributed by atoms with Crippen molar-refractivity contribution in [3.8, 4) is 0 Å². The normalized spacial score (nSPS) is 16.5. The highest BCUT2D eigenvalue weighted by molar-refractivity contribution is 7.90. The Bertz CT molecular complexity index is 606. The highest BCUT2D eigenvalue weighted by Gasteiger charge is 2.36. The molecule has 0 heterocycles. The minimum Gasteiger partial charge on any atom is -0.399 e. The first kappa shape index (κ1) is 15.8. The molecule has 0 aromatic heterocycles. The standard InChI is InChI=1S/C15H22N2O3S/c1-11(10-21(2,19)20)17(14-7-8-14)15(18)9-12-3-5-13(16)6-4-12/h3-6,11,14H,7-10,16H2,1-2H3. The van der Waals surface area contributed by atoms with Crippen molar-refractivity contribution in [2.75, 3.05) is 17.7 Å². The molecule has 1 atom stereocenters. The van der Waals surface area contributed by atoms with E-state index in [1.165, 1.54) is 6.26 Å². The van der Waals surface area contributed by atoms with Gasteiger partial charge in [-0.1, -0.05) is 12.1 Å². The molecule has 1 aliphatic rings. The second-order valence-corrected chi connectivity index (χ2v) is 8.08. The maximum atomic E-state index is 12.5. The Morgan fingerprint density at radius 1 is 1.33 bits per heavy atom. The first-order valence-electron chi connectivity index (χ1n) is 7.09. The van der Waals surface area contributed by atoms with Crippen LogP contribution in [0.2, 0.25) is 0 Å². The van der Waals surface area contributed by atoms with E-state index >= 15 is 0 Å². The number of sulfone groups is 1. The molecule has 6 heteroatoms. The molecular weight excluding hydrogens is 288 g/mol. The molecule has 0 spiro atoms. The molecule has 1 fully saturated rings. The molecule has 1 aromatic rings. The third-order valence-corrected chi connectivity index (χ3v) is 4.67. The lowest BCUT2D eigenvalue weighted by Crippen LogP contribution is -2.44. The van der Waals surface area contributed by atoms with Gasteiger partial charge in [0.1, 0.15) is 9.84 Å². The van der Waals surface area contributed by atoms with Crippen LogP contribution in [0.5, 0.6) is 0 Å². The molecule has 2 N–H and O–H groups in total. The molecular formula is C15H22N2O3S. The fourth-order valence-corrected chi connectivity index (χ4v) is 3.62. The number of nitrogens with two attached hydrogens (primary N) is 1. The summed E-state index contributed by atoms with van der Waals surface area (Å²) in [6.45, 7) is 1.81. The van der Waals surface area contributed by atoms with E-state index in [1.807, 2.05) is 12.1 Å². The first-order valence-corrected chi connectivity index (χ1v) is 9.15. The number of hydrogen-bond acceptors (Lipinski definition) is 4. The van der Waals surface area contributed by atoms with Crippen LogP contribution in [0.15, 0.2) is 24.3 Å². The number of amides is 1. The van der Waals surface area contributed by atoms with Crippen molar-refractivity contribution in [3.05, 3.63) is 29.8 Å². The van der Waals surface area contributed by atoms with Crippen molar-refractivity contribution in [1.29, 1.82) is 0 Å². The Morgan fingerprint density at radius 2 is 1.90 bits per heavy atom. The third-order valence-electron chi connectivity index (χ3n) is 3.58. The predicted octanol–water partition coefficient (Wildman–Crippen LogP) is 1.24. The number of carbonyl (C=O) groups is 1. The van der Waals surface area contributed by atoms with E-state index in [2.05, 4.69) is 0 Å². The summed E-state index contributed by atoms with van der Waals surface area (Å²) >= 11 is 0. The Labute approximate surface area is 126 Å². The van der Waals surface area contributed by atoms with Crippen LogP contribution in [-0.2, 0) is 21.1 Å². The highest BCUT2D eigenvalue weighted by Crippen LogP contribution is 2.29. The largest absolute Gasteiger partial charge is 0.399 e. The summed E-state index contributed by atoms with van der Waals surface area (Å²) in [5.41, 5.74) is 7.19. The van der Waals surface area contributed by atoms with Gasteiger partial charge in [0.15, 0.2) is 0 Å². The van der Waals surface area contributed by atoms with Gasteiger partial charge in [-0.15, -0.1) is 0 Å². The first-order chi connectivity index (χ1) is 9.76. The van der Waals surface area contributed by atoms with Crippen LogP contribution in [0, 0.1) is 0 Å². The lowest BCUT2D eigenvalue weighted by atomic mass is 10.1. The van der Waals surface area contributed by atoms with Crippen LogP contribution in [0.25, 0.3) is 0 Å². The topological polar surface area (TPSA) is 80.5 Å². The Hall–Kier alpha value is -1.56. The minimum atomic E-state index is -3.10. The summed E-state index contributed by atoms with van der Waals surface area (Å²) in [5, 5.41) is 0. The summed E-state index contributed by atoms with van der Waals surface area (Å²) < 4.78 is 22.9. The summed E-state index contributed by atoms with van der Waals surface area (Å²) in [6, 6.07) is 7.12. The van der Waals surface area contributed by atoms with Crippen LogP contribution >= 0.6 is 0 Å². The summed E-state index contributed by atoms with van der Waals surface area (Å²) in [7, 11) is -3.10. The van der Waals surface area contributed by atoms with Gasteiger partial charge in [0.25, 0.3) is 0 Å². The highest BCUT2D eigenvalue weighted by atomic mass is 32.2. The van der Waals surface area contributed by atoms with Crippen molar-refractivity contribution >= 4 is 21.4 Å². The van der Waals surface area contributed by atoms with Gasteiger partial charge < -0.3 is 10.6 Å². The van der Waals surface area contributed by atoms with Crippen molar-refractivity contribution in [3.63, 3.8) is 0 Å². The van der Waals surface area contributed by atoms with Crippen LogP contribution in [-0.4, -0.2) is 43.3 Å². The molecule has 21 heavy (non-hydrogen) atoms. The number of nitrogen functional groups attached to an aromatic ring is 1. The fourth-order valence-electron chi connectivity index (χ4n) is 2.58. The van der Waals surface area contributed by atoms with Crippen molar-refractivity contribution in [2.45, 2.75) is 38.3 Å². The lowest BCUT2D eigenvalue weighted by Gasteiger charge is -2.29. The minimum absolute atomic E-state index is 0.0109. The number of anilines is 1. The molecule has 0 radical (unpaired) electrons. The Kier molecular flexibility index (Phi) is 4.56. The molecule has 116 valence electrons. The second kappa shape index (κ2) is 6.05. The number of benzene rings is 1. The average Bonchev–Trinajstić information content (AvgIpc) is 3.14. The fraction of sp³-hybridized carbons (Fsp3) is 0.533. The number of hydrogen-bond donors (Lipinski definition) is 1. The molecule has 0 aliphatic heterocycles. The van der Waals surface area contributed by atoms with E-state index in [1.54, 1.807) is 24.0 Å². The molecule has 2 rings (SSSR count). The molecule has 1 aliphatic carbocycles. The zero-order chi connectivity index (χ0) is 15.6. The molecule has 1 saturated carbocycles. The number of rotatable bonds is 6. The third kappa shape index (κ3) is 4.74. The maximum Gasteiger partial charge on any atom is 0.227 e. The number of carbonyl (C=O) groups excluding carboxylic acids is 1. The van der Waals surface area contributed by atoms with Crippen LogP contribution < -0.4 is 5.73 Å². The van der Waals surface area contributed by atoms with Gasteiger partial charge in [-0.3, -0.25) is 4.79 Å². The quantitative estimate of drug-likeness (QED) is 0.802. The van der Waals surface area contributed by atoms with Crippen LogP contribution in [0.1, 0.15) is 25.3 Å². The SMILES string of the molecule is CC(CS(C)(=O)=O)N(C(=O)Cc1ccc(N)cc1)C1CC1. The molecule has 0 saturated heterocycles. The van der Waals surface area contributed by atoms with Gasteiger partial charge in [-0.25, -0.2) is 8.42 Å². The van der Waals surface area contributed by atoms with E-state index in [0.717, 1.165) is 18.4 Å². The molecule has 1 aromatic carbocycles. The van der Waals surface area contributed by atoms with Gasteiger partial charge in [0.05, 0.1) is 12.2 Å². The smallest absolute Gasteiger partial charge is 0.227 e. The maximum absolute atomic E-state index is 12.5. The molecule has 1 amide bonds. The predicted molar refractivity (Wildman–Crippen MR) is 83.6 cm³/mol. The Morgan fingerprint density at radius 3 is 2.38 bits per heavy atom. The van der Waals surface area contributed by atoms with Gasteiger partial charge in [-0.05, 0) is 37.5 Å². The van der Waals surface area contributed by atoms with Crippen molar-refractivity contribution < 1.29 is 13.2 Å². The van der Waals surface area contributed by atoms with Gasteiger partial charge in [0, 0.05) is 24.0 Å². The van der Waals surface area contributed by atoms with Crippen molar-refractivity contribution in [2.24, 2.45) is 0 Å². The van der Waals surface area contributed by atoms with Gasteiger partial charge in [-0.2, -0.15) is 0 Å². The molecule has 1 unspecified atom stereocenters. The van der Waals surface area contributed by atoms with Gasteiger partial charge in [0.2, 0.25) is 5.91 Å². The molecule has 0 bridgehead atoms. The number of nitrogens with zero attached hydrogens (tertiary/aromatic N) is 1. The second-order valence-electron chi connectivity index (χ2n) is 5.89. The molecule has 5 nitrogen and oxygen atoms in total. The van der Waals surface area contributed by atoms with E-state index in [4.69, 9.17) is 5.73 Å². The summed E-state index contributed by atoms with van der Waals surface area (Å²) in [6.07, 6.45) is 3.41. The zero-order valence-electron chi connectivity index (χ0n) is 12.5. The monoisotopic (exact) mass is 310 g/mol. The van der Waals surface area contributed by atoms with E-state index in [-0.39, 0.29) is 30.2 Å². The summed E-state index contributed by atoms with van der Waals surface area (Å²) in [4.78, 5) is 14.3. The Balaban J connectivity index is 2.07. The van der Waals surface area contributed by atoms with Crippen molar-refractivity contribution in [1.82, 2.24) is 4.90 Å².